The summed E-state index contributed by atoms with van der Waals surface area (Å²) in [5, 5.41) is 12.7. The lowest BCUT2D eigenvalue weighted by Gasteiger charge is -1.93. The maximum atomic E-state index is 11.7. The number of rotatable bonds is 2. The molecule has 0 fully saturated rings. The van der Waals surface area contributed by atoms with E-state index in [-0.39, 0.29) is 5.91 Å². The number of nitrogens with zero attached hydrogens (tertiary/aromatic N) is 2. The number of hydrogen-bond acceptors (Lipinski definition) is 4. The van der Waals surface area contributed by atoms with Gasteiger partial charge < -0.3 is 5.32 Å². The molecule has 0 aliphatic carbocycles. The number of hydrogen-bond donors (Lipinski definition) is 1. The number of carbonyl (C=O) groups excluding carboxylic acids is 1. The first kappa shape index (κ1) is 10.9. The number of para-hydroxylation sites is 1. The summed E-state index contributed by atoms with van der Waals surface area (Å²) < 4.78 is 0. The number of benzene rings is 1. The molecule has 0 saturated carbocycles. The zero-order chi connectivity index (χ0) is 12.4. The van der Waals surface area contributed by atoms with Crippen LogP contribution in [0.25, 0.3) is 0 Å². The Labute approximate surface area is 108 Å². The highest BCUT2D eigenvalue weighted by Crippen LogP contribution is 2.22. The van der Waals surface area contributed by atoms with Crippen LogP contribution < -0.4 is 5.32 Å². The van der Waals surface area contributed by atoms with Gasteiger partial charge in [0.2, 0.25) is 0 Å². The molecule has 3 rings (SSSR count). The van der Waals surface area contributed by atoms with E-state index in [1.165, 1.54) is 0 Å². The fourth-order valence-electron chi connectivity index (χ4n) is 1.71. The molecule has 1 aromatic heterocycles. The minimum absolute atomic E-state index is 0.209. The highest BCUT2D eigenvalue weighted by atomic mass is 32.1. The van der Waals surface area contributed by atoms with Gasteiger partial charge in [0.05, 0.1) is 11.9 Å². The third-order valence-corrected chi connectivity index (χ3v) is 3.34. The Hall–Kier alpha value is -2.27. The molecule has 1 aliphatic rings. The van der Waals surface area contributed by atoms with Crippen LogP contribution in [-0.2, 0) is 4.79 Å². The highest BCUT2D eigenvalue weighted by Gasteiger charge is 2.25. The summed E-state index contributed by atoms with van der Waals surface area (Å²) in [6.07, 6.45) is 1.64. The summed E-state index contributed by atoms with van der Waals surface area (Å²) in [6.45, 7) is 0. The van der Waals surface area contributed by atoms with E-state index in [4.69, 9.17) is 0 Å². The van der Waals surface area contributed by atoms with Crippen LogP contribution in [-0.4, -0.2) is 17.8 Å². The Balaban J connectivity index is 1.90. The van der Waals surface area contributed by atoms with E-state index >= 15 is 0 Å². The number of fused-ring (bicyclic) bond motifs is 1. The number of amides is 1. The van der Waals surface area contributed by atoms with E-state index < -0.39 is 0 Å². The predicted octanol–water partition coefficient (Wildman–Crippen LogP) is 2.52. The van der Waals surface area contributed by atoms with E-state index in [0.717, 1.165) is 16.1 Å². The van der Waals surface area contributed by atoms with Crippen LogP contribution in [0.5, 0.6) is 0 Å². The van der Waals surface area contributed by atoms with Gasteiger partial charge in [-0.2, -0.15) is 5.10 Å². The van der Waals surface area contributed by atoms with Crippen molar-refractivity contribution >= 4 is 34.9 Å². The molecule has 1 aliphatic heterocycles. The Kier molecular flexibility index (Phi) is 2.74. The summed E-state index contributed by atoms with van der Waals surface area (Å²) in [5.74, 6) is -0.209. The van der Waals surface area contributed by atoms with Crippen LogP contribution in [0.2, 0.25) is 0 Å². The van der Waals surface area contributed by atoms with Gasteiger partial charge in [-0.1, -0.05) is 24.3 Å². The number of anilines is 1. The number of nitrogens with one attached hydrogen (secondary N) is 1. The molecule has 1 aromatic carbocycles. The molecule has 4 nitrogen and oxygen atoms in total. The van der Waals surface area contributed by atoms with Gasteiger partial charge in [-0.3, -0.25) is 4.79 Å². The van der Waals surface area contributed by atoms with E-state index in [9.17, 15) is 4.79 Å². The molecular weight excluding hydrogens is 246 g/mol. The van der Waals surface area contributed by atoms with Gasteiger partial charge in [0.25, 0.3) is 5.91 Å². The average molecular weight is 255 g/mol. The molecule has 0 bridgehead atoms. The molecule has 0 unspecified atom stereocenters. The second-order valence-electron chi connectivity index (χ2n) is 3.71. The zero-order valence-corrected chi connectivity index (χ0v) is 10.1. The topological polar surface area (TPSA) is 53.8 Å². The number of thiophene rings is 1. The van der Waals surface area contributed by atoms with Crippen molar-refractivity contribution in [3.8, 4) is 0 Å². The van der Waals surface area contributed by atoms with Crippen LogP contribution in [0, 0.1) is 0 Å². The molecule has 0 saturated heterocycles. The van der Waals surface area contributed by atoms with E-state index in [0.29, 0.717) is 5.71 Å². The first-order chi connectivity index (χ1) is 8.84. The van der Waals surface area contributed by atoms with Crippen molar-refractivity contribution in [2.75, 3.05) is 5.32 Å². The maximum Gasteiger partial charge on any atom is 0.276 e. The Morgan fingerprint density at radius 1 is 1.17 bits per heavy atom. The first-order valence-corrected chi connectivity index (χ1v) is 6.28. The largest absolute Gasteiger partial charge is 0.320 e. The van der Waals surface area contributed by atoms with Gasteiger partial charge in [-0.25, -0.2) is 0 Å². The normalized spacial score (nSPS) is 16.2. The molecule has 2 heterocycles. The second-order valence-corrected chi connectivity index (χ2v) is 4.69. The monoisotopic (exact) mass is 255 g/mol. The van der Waals surface area contributed by atoms with Gasteiger partial charge >= 0.3 is 0 Å². The number of carbonyl (C=O) groups is 1. The molecule has 0 atom stereocenters. The van der Waals surface area contributed by atoms with Crippen LogP contribution in [0.3, 0.4) is 0 Å². The van der Waals surface area contributed by atoms with Gasteiger partial charge in [-0.15, -0.1) is 16.4 Å². The second kappa shape index (κ2) is 4.54. The molecule has 1 amide bonds. The Morgan fingerprint density at radius 2 is 2.06 bits per heavy atom. The lowest BCUT2D eigenvalue weighted by atomic mass is 10.1. The minimum Gasteiger partial charge on any atom is -0.320 e. The fraction of sp³-hybridized carbons (Fsp3) is 0. The Bertz CT molecular complexity index is 644. The van der Waals surface area contributed by atoms with Crippen molar-refractivity contribution in [1.82, 2.24) is 0 Å². The van der Waals surface area contributed by atoms with Crippen molar-refractivity contribution in [3.05, 3.63) is 52.2 Å². The molecule has 18 heavy (non-hydrogen) atoms. The molecular formula is C13H9N3OS. The van der Waals surface area contributed by atoms with Crippen LogP contribution in [0.4, 0.5) is 5.69 Å². The molecule has 2 aromatic rings. The van der Waals surface area contributed by atoms with E-state index in [1.54, 1.807) is 17.6 Å². The lowest BCUT2D eigenvalue weighted by molar-refractivity contribution is -0.110. The van der Waals surface area contributed by atoms with Crippen molar-refractivity contribution < 1.29 is 4.79 Å². The summed E-state index contributed by atoms with van der Waals surface area (Å²) in [5.41, 5.74) is 1.94. The smallest absolute Gasteiger partial charge is 0.276 e. The quantitative estimate of drug-likeness (QED) is 0.650. The van der Waals surface area contributed by atoms with Crippen molar-refractivity contribution in [2.45, 2.75) is 0 Å². The molecule has 1 N–H and O–H groups in total. The zero-order valence-electron chi connectivity index (χ0n) is 9.33. The highest BCUT2D eigenvalue weighted by molar-refractivity contribution is 7.11. The Morgan fingerprint density at radius 3 is 2.89 bits per heavy atom. The summed E-state index contributed by atoms with van der Waals surface area (Å²) >= 11 is 1.57. The predicted molar refractivity (Wildman–Crippen MR) is 73.5 cm³/mol. The lowest BCUT2D eigenvalue weighted by Crippen LogP contribution is -2.13. The molecule has 88 valence electrons. The van der Waals surface area contributed by atoms with Gasteiger partial charge in [0.15, 0.2) is 5.71 Å². The van der Waals surface area contributed by atoms with Crippen LogP contribution in [0.1, 0.15) is 10.4 Å². The van der Waals surface area contributed by atoms with Gasteiger partial charge in [-0.05, 0) is 17.5 Å². The molecule has 0 spiro atoms. The minimum atomic E-state index is -0.209. The SMILES string of the molecule is O=C1Nc2ccccc2/C1=N\N=C/c1cccs1. The summed E-state index contributed by atoms with van der Waals surface area (Å²) in [7, 11) is 0. The molecule has 0 radical (unpaired) electrons. The van der Waals surface area contributed by atoms with Gasteiger partial charge in [0.1, 0.15) is 0 Å². The van der Waals surface area contributed by atoms with Gasteiger partial charge in [0, 0.05) is 10.4 Å². The molecule has 5 heteroatoms. The third-order valence-electron chi connectivity index (χ3n) is 2.53. The van der Waals surface area contributed by atoms with Crippen molar-refractivity contribution in [3.63, 3.8) is 0 Å². The first-order valence-electron chi connectivity index (χ1n) is 5.40. The standard InChI is InChI=1S/C13H9N3OS/c17-13-12(10-5-1-2-6-11(10)15-13)16-14-8-9-4-3-7-18-9/h1-8H,(H,15,16,17)/b14-8-. The summed E-state index contributed by atoms with van der Waals surface area (Å²) in [4.78, 5) is 12.7. The average Bonchev–Trinajstić information content (AvgIpc) is 2.98. The van der Waals surface area contributed by atoms with Crippen LogP contribution in [0.15, 0.2) is 52.0 Å². The summed E-state index contributed by atoms with van der Waals surface area (Å²) in [6, 6.07) is 11.3. The van der Waals surface area contributed by atoms with E-state index in [2.05, 4.69) is 15.5 Å². The van der Waals surface area contributed by atoms with E-state index in [1.807, 2.05) is 41.8 Å². The fourth-order valence-corrected chi connectivity index (χ4v) is 2.29. The third kappa shape index (κ3) is 1.96. The van der Waals surface area contributed by atoms with Crippen molar-refractivity contribution in [1.29, 1.82) is 0 Å². The van der Waals surface area contributed by atoms with Crippen molar-refractivity contribution in [2.24, 2.45) is 10.2 Å². The maximum absolute atomic E-state index is 11.7. The van der Waals surface area contributed by atoms with Crippen LogP contribution >= 0.6 is 11.3 Å².